The fourth-order valence-corrected chi connectivity index (χ4v) is 3.48. The second-order valence-corrected chi connectivity index (χ2v) is 7.03. The summed E-state index contributed by atoms with van der Waals surface area (Å²) in [5.41, 5.74) is 5.29. The second-order valence-electron chi connectivity index (χ2n) is 7.03. The number of ether oxygens (including phenoxy) is 1. The molecule has 2 aromatic rings. The van der Waals surface area contributed by atoms with E-state index in [2.05, 4.69) is 22.0 Å². The van der Waals surface area contributed by atoms with Crippen molar-refractivity contribution < 1.29 is 14.3 Å². The molecule has 0 bridgehead atoms. The topological polar surface area (TPSA) is 79.5 Å². The fraction of sp³-hybridized carbons (Fsp3) is 0.364. The normalized spacial score (nSPS) is 12.6. The van der Waals surface area contributed by atoms with E-state index in [1.807, 2.05) is 31.2 Å². The summed E-state index contributed by atoms with van der Waals surface area (Å²) in [5.74, 6) is 0.0647. The Balaban J connectivity index is 1.48. The molecule has 0 unspecified atom stereocenters. The highest BCUT2D eigenvalue weighted by molar-refractivity contribution is 5.96. The van der Waals surface area contributed by atoms with Crippen molar-refractivity contribution in [2.75, 3.05) is 30.8 Å². The van der Waals surface area contributed by atoms with Crippen LogP contribution in [0.25, 0.3) is 0 Å². The molecular weight excluding hydrogens is 354 g/mol. The van der Waals surface area contributed by atoms with E-state index in [0.717, 1.165) is 24.1 Å². The molecule has 28 heavy (non-hydrogen) atoms. The molecule has 0 radical (unpaired) electrons. The first-order valence-corrected chi connectivity index (χ1v) is 9.62. The molecule has 0 fully saturated rings. The lowest BCUT2D eigenvalue weighted by Crippen LogP contribution is -2.36. The highest BCUT2D eigenvalue weighted by Gasteiger charge is 2.14. The Hall–Kier alpha value is -3.02. The maximum atomic E-state index is 12.2. The van der Waals surface area contributed by atoms with E-state index < -0.39 is 0 Å². The summed E-state index contributed by atoms with van der Waals surface area (Å²) in [6.07, 6.45) is 4.54. The van der Waals surface area contributed by atoms with Gasteiger partial charge in [-0.05, 0) is 67.5 Å². The zero-order chi connectivity index (χ0) is 19.9. The summed E-state index contributed by atoms with van der Waals surface area (Å²) in [5, 5.41) is 8.63. The largest absolute Gasteiger partial charge is 0.495 e. The lowest BCUT2D eigenvalue weighted by atomic mass is 9.90. The van der Waals surface area contributed by atoms with Crippen molar-refractivity contribution in [1.29, 1.82) is 0 Å². The predicted molar refractivity (Wildman–Crippen MR) is 111 cm³/mol. The summed E-state index contributed by atoms with van der Waals surface area (Å²) in [6, 6.07) is 11.7. The Morgan fingerprint density at radius 2 is 1.82 bits per heavy atom. The number of nitrogens with one attached hydrogen (secondary N) is 3. The molecule has 2 aromatic carbocycles. The van der Waals surface area contributed by atoms with Gasteiger partial charge in [0.2, 0.25) is 11.8 Å². The number of benzene rings is 2. The van der Waals surface area contributed by atoms with Gasteiger partial charge in [-0.15, -0.1) is 0 Å². The SMILES string of the molecule is COc1ccc(C)cc1NC(=O)CNC(=O)CNc1cccc2c1CCCC2. The Bertz CT molecular complexity index is 864. The minimum absolute atomic E-state index is 0.0928. The van der Waals surface area contributed by atoms with Crippen LogP contribution in [0.3, 0.4) is 0 Å². The van der Waals surface area contributed by atoms with Crippen molar-refractivity contribution in [1.82, 2.24) is 5.32 Å². The van der Waals surface area contributed by atoms with Gasteiger partial charge in [-0.2, -0.15) is 0 Å². The van der Waals surface area contributed by atoms with E-state index in [1.165, 1.54) is 24.0 Å². The molecular formula is C22H27N3O3. The van der Waals surface area contributed by atoms with Crippen LogP contribution in [0, 0.1) is 6.92 Å². The molecule has 148 valence electrons. The van der Waals surface area contributed by atoms with Crippen molar-refractivity contribution in [3.63, 3.8) is 0 Å². The Kier molecular flexibility index (Phi) is 6.53. The van der Waals surface area contributed by atoms with Crippen molar-refractivity contribution in [2.45, 2.75) is 32.6 Å². The standard InChI is InChI=1S/C22H27N3O3/c1-15-10-11-20(28-2)19(12-15)25-22(27)14-24-21(26)13-23-18-9-5-7-16-6-3-4-8-17(16)18/h5,7,9-12,23H,3-4,6,8,13-14H2,1-2H3,(H,24,26)(H,25,27). The summed E-state index contributed by atoms with van der Waals surface area (Å²) >= 11 is 0. The van der Waals surface area contributed by atoms with Gasteiger partial charge in [0, 0.05) is 5.69 Å². The third-order valence-corrected chi connectivity index (χ3v) is 4.91. The number of hydrogen-bond acceptors (Lipinski definition) is 4. The monoisotopic (exact) mass is 381 g/mol. The van der Waals surface area contributed by atoms with Crippen LogP contribution in [-0.4, -0.2) is 32.0 Å². The van der Waals surface area contributed by atoms with Crippen LogP contribution < -0.4 is 20.7 Å². The first kappa shape index (κ1) is 19.7. The van der Waals surface area contributed by atoms with Gasteiger partial charge in [-0.1, -0.05) is 18.2 Å². The average Bonchev–Trinajstić information content (AvgIpc) is 2.71. The first-order valence-electron chi connectivity index (χ1n) is 9.62. The van der Waals surface area contributed by atoms with Crippen LogP contribution in [0.1, 0.15) is 29.5 Å². The third-order valence-electron chi connectivity index (χ3n) is 4.91. The third kappa shape index (κ3) is 5.03. The molecule has 0 atom stereocenters. The number of methoxy groups -OCH3 is 1. The van der Waals surface area contributed by atoms with Gasteiger partial charge in [-0.25, -0.2) is 0 Å². The van der Waals surface area contributed by atoms with Gasteiger partial charge in [0.1, 0.15) is 5.75 Å². The minimum atomic E-state index is -0.297. The van der Waals surface area contributed by atoms with Gasteiger partial charge in [0.25, 0.3) is 0 Å². The number of anilines is 2. The summed E-state index contributed by atoms with van der Waals surface area (Å²) in [6.45, 7) is 1.98. The first-order chi connectivity index (χ1) is 13.6. The van der Waals surface area contributed by atoms with E-state index >= 15 is 0 Å². The van der Waals surface area contributed by atoms with Gasteiger partial charge >= 0.3 is 0 Å². The molecule has 0 saturated heterocycles. The van der Waals surface area contributed by atoms with Crippen LogP contribution in [0.2, 0.25) is 0 Å². The predicted octanol–water partition coefficient (Wildman–Crippen LogP) is 3.05. The summed E-state index contributed by atoms with van der Waals surface area (Å²) in [4.78, 5) is 24.3. The van der Waals surface area contributed by atoms with E-state index in [9.17, 15) is 9.59 Å². The van der Waals surface area contributed by atoms with Crippen LogP contribution in [0.4, 0.5) is 11.4 Å². The van der Waals surface area contributed by atoms with Gasteiger partial charge < -0.3 is 20.7 Å². The molecule has 6 heteroatoms. The average molecular weight is 381 g/mol. The second kappa shape index (κ2) is 9.26. The number of amides is 2. The molecule has 0 saturated carbocycles. The highest BCUT2D eigenvalue weighted by Crippen LogP contribution is 2.27. The molecule has 6 nitrogen and oxygen atoms in total. The molecule has 1 aliphatic carbocycles. The molecule has 0 spiro atoms. The Morgan fingerprint density at radius 1 is 1.00 bits per heavy atom. The molecule has 3 N–H and O–H groups in total. The number of fused-ring (bicyclic) bond motifs is 1. The smallest absolute Gasteiger partial charge is 0.243 e. The van der Waals surface area contributed by atoms with Crippen LogP contribution in [0.5, 0.6) is 5.75 Å². The molecule has 3 rings (SSSR count). The van der Waals surface area contributed by atoms with Crippen molar-refractivity contribution in [2.24, 2.45) is 0 Å². The van der Waals surface area contributed by atoms with E-state index in [4.69, 9.17) is 4.74 Å². The van der Waals surface area contributed by atoms with Crippen LogP contribution >= 0.6 is 0 Å². The number of aryl methyl sites for hydroxylation is 2. The lowest BCUT2D eigenvalue weighted by Gasteiger charge is -2.20. The van der Waals surface area contributed by atoms with E-state index in [-0.39, 0.29) is 24.9 Å². The Morgan fingerprint density at radius 3 is 2.64 bits per heavy atom. The van der Waals surface area contributed by atoms with Gasteiger partial charge in [-0.3, -0.25) is 9.59 Å². The Labute approximate surface area is 165 Å². The molecule has 2 amide bonds. The van der Waals surface area contributed by atoms with Crippen molar-refractivity contribution >= 4 is 23.2 Å². The highest BCUT2D eigenvalue weighted by atomic mass is 16.5. The lowest BCUT2D eigenvalue weighted by molar-refractivity contribution is -0.122. The number of hydrogen-bond donors (Lipinski definition) is 3. The number of carbonyl (C=O) groups is 2. The van der Waals surface area contributed by atoms with Crippen LogP contribution in [0.15, 0.2) is 36.4 Å². The number of carbonyl (C=O) groups excluding carboxylic acids is 2. The van der Waals surface area contributed by atoms with E-state index in [1.54, 1.807) is 13.2 Å². The maximum absolute atomic E-state index is 12.2. The maximum Gasteiger partial charge on any atom is 0.243 e. The number of rotatable bonds is 7. The van der Waals surface area contributed by atoms with Crippen molar-refractivity contribution in [3.05, 3.63) is 53.1 Å². The minimum Gasteiger partial charge on any atom is -0.495 e. The summed E-state index contributed by atoms with van der Waals surface area (Å²) < 4.78 is 5.25. The molecule has 0 aromatic heterocycles. The van der Waals surface area contributed by atoms with Crippen molar-refractivity contribution in [3.8, 4) is 5.75 Å². The van der Waals surface area contributed by atoms with Gasteiger partial charge in [0.05, 0.1) is 25.9 Å². The van der Waals surface area contributed by atoms with Gasteiger partial charge in [0.15, 0.2) is 0 Å². The van der Waals surface area contributed by atoms with E-state index in [0.29, 0.717) is 11.4 Å². The molecule has 0 heterocycles. The van der Waals surface area contributed by atoms with Crippen LogP contribution in [-0.2, 0) is 22.4 Å². The quantitative estimate of drug-likeness (QED) is 0.689. The molecule has 0 aliphatic heterocycles. The molecule has 1 aliphatic rings. The fourth-order valence-electron chi connectivity index (χ4n) is 3.48. The zero-order valence-corrected chi connectivity index (χ0v) is 16.4. The zero-order valence-electron chi connectivity index (χ0n) is 16.4. The summed E-state index contributed by atoms with van der Waals surface area (Å²) in [7, 11) is 1.55.